The number of benzene rings is 3. The van der Waals surface area contributed by atoms with Crippen LogP contribution in [0.3, 0.4) is 0 Å². The number of Topliss-reactive ketones (excluding diaryl/α,β-unsaturated/α-hetero) is 1. The van der Waals surface area contributed by atoms with E-state index in [2.05, 4.69) is 0 Å². The van der Waals surface area contributed by atoms with E-state index in [0.717, 1.165) is 22.4 Å². The van der Waals surface area contributed by atoms with Crippen LogP contribution in [0.4, 0.5) is 0 Å². The zero-order valence-corrected chi connectivity index (χ0v) is 17.6. The predicted octanol–water partition coefficient (Wildman–Crippen LogP) is 6.24. The van der Waals surface area contributed by atoms with Gasteiger partial charge in [0.05, 0.1) is 5.56 Å². The first kappa shape index (κ1) is 19.5. The number of hydrogen-bond acceptors (Lipinski definition) is 4. The van der Waals surface area contributed by atoms with Gasteiger partial charge in [0.1, 0.15) is 30.0 Å². The fourth-order valence-corrected chi connectivity index (χ4v) is 3.80. The van der Waals surface area contributed by atoms with Crippen molar-refractivity contribution < 1.29 is 19.0 Å². The summed E-state index contributed by atoms with van der Waals surface area (Å²) >= 11 is 6.19. The standard InChI is InChI=1S/C26H19ClO4/c1-16-19(12-17-6-3-5-9-23(17)30-16)13-25-26(28)21-11-10-20(14-24(21)31-25)29-15-18-7-2-4-8-22(18)27/h2-14,16H,15H2,1H3/b25-13-/t16-/m0/s1. The molecular formula is C26H19ClO4. The average Bonchev–Trinajstić information content (AvgIpc) is 3.08. The molecule has 2 heterocycles. The second-order valence-electron chi connectivity index (χ2n) is 7.42. The highest BCUT2D eigenvalue weighted by Crippen LogP contribution is 2.36. The minimum atomic E-state index is -0.183. The molecule has 0 aromatic heterocycles. The van der Waals surface area contributed by atoms with Gasteiger partial charge in [0, 0.05) is 22.2 Å². The summed E-state index contributed by atoms with van der Waals surface area (Å²) < 4.78 is 17.7. The van der Waals surface area contributed by atoms with Crippen molar-refractivity contribution in [1.82, 2.24) is 0 Å². The zero-order chi connectivity index (χ0) is 21.4. The summed E-state index contributed by atoms with van der Waals surface area (Å²) in [5.74, 6) is 2.05. The number of ether oxygens (including phenoxy) is 3. The molecule has 0 saturated heterocycles. The van der Waals surface area contributed by atoms with Crippen LogP contribution in [0.5, 0.6) is 17.2 Å². The van der Waals surface area contributed by atoms with Crippen LogP contribution in [-0.4, -0.2) is 11.9 Å². The Bertz CT molecular complexity index is 1240. The van der Waals surface area contributed by atoms with Crippen LogP contribution in [0.15, 0.2) is 84.1 Å². The van der Waals surface area contributed by atoms with Gasteiger partial charge in [-0.05, 0) is 48.9 Å². The third kappa shape index (κ3) is 3.82. The van der Waals surface area contributed by atoms with Gasteiger partial charge in [-0.2, -0.15) is 0 Å². The number of para-hydroxylation sites is 1. The van der Waals surface area contributed by atoms with E-state index in [1.165, 1.54) is 0 Å². The van der Waals surface area contributed by atoms with Crippen LogP contribution in [0.1, 0.15) is 28.4 Å². The lowest BCUT2D eigenvalue weighted by Crippen LogP contribution is -2.18. The maximum Gasteiger partial charge on any atom is 0.231 e. The molecule has 4 nitrogen and oxygen atoms in total. The Morgan fingerprint density at radius 1 is 1.03 bits per heavy atom. The lowest BCUT2D eigenvalue weighted by molar-refractivity contribution is 0.101. The van der Waals surface area contributed by atoms with Crippen molar-refractivity contribution in [3.8, 4) is 17.2 Å². The first-order chi connectivity index (χ1) is 15.1. The van der Waals surface area contributed by atoms with E-state index in [1.54, 1.807) is 24.3 Å². The molecule has 0 radical (unpaired) electrons. The fourth-order valence-electron chi connectivity index (χ4n) is 3.61. The summed E-state index contributed by atoms with van der Waals surface area (Å²) in [4.78, 5) is 12.8. The highest BCUT2D eigenvalue weighted by atomic mass is 35.5. The van der Waals surface area contributed by atoms with Gasteiger partial charge in [-0.1, -0.05) is 48.0 Å². The number of allylic oxidation sites excluding steroid dienone is 1. The molecule has 0 fully saturated rings. The van der Waals surface area contributed by atoms with Crippen molar-refractivity contribution in [3.63, 3.8) is 0 Å². The maximum atomic E-state index is 12.8. The van der Waals surface area contributed by atoms with Crippen molar-refractivity contribution in [3.05, 3.63) is 106 Å². The average molecular weight is 431 g/mol. The van der Waals surface area contributed by atoms with E-state index in [-0.39, 0.29) is 17.6 Å². The fraction of sp³-hybridized carbons (Fsp3) is 0.115. The third-order valence-corrected chi connectivity index (χ3v) is 5.67. The molecule has 2 aliphatic heterocycles. The molecule has 0 N–H and O–H groups in total. The second kappa shape index (κ2) is 7.97. The molecule has 5 heteroatoms. The van der Waals surface area contributed by atoms with Crippen molar-refractivity contribution in [2.75, 3.05) is 0 Å². The SMILES string of the molecule is C[C@@H]1Oc2ccccc2C=C1/C=C1\Oc2cc(OCc3ccccc3Cl)ccc2C1=O. The monoisotopic (exact) mass is 430 g/mol. The lowest BCUT2D eigenvalue weighted by atomic mass is 10.0. The first-order valence-electron chi connectivity index (χ1n) is 10.0. The van der Waals surface area contributed by atoms with Gasteiger partial charge < -0.3 is 14.2 Å². The summed E-state index contributed by atoms with van der Waals surface area (Å²) in [6.45, 7) is 2.28. The highest BCUT2D eigenvalue weighted by molar-refractivity contribution is 6.31. The van der Waals surface area contributed by atoms with E-state index in [4.69, 9.17) is 25.8 Å². The quantitative estimate of drug-likeness (QED) is 0.459. The number of halogens is 1. The lowest BCUT2D eigenvalue weighted by Gasteiger charge is -2.22. The summed E-state index contributed by atoms with van der Waals surface area (Å²) in [7, 11) is 0. The van der Waals surface area contributed by atoms with Crippen molar-refractivity contribution in [2.24, 2.45) is 0 Å². The zero-order valence-electron chi connectivity index (χ0n) is 16.8. The normalized spacial score (nSPS) is 18.0. The van der Waals surface area contributed by atoms with Crippen LogP contribution in [0, 0.1) is 0 Å². The molecule has 0 spiro atoms. The summed E-state index contributed by atoms with van der Waals surface area (Å²) in [5, 5.41) is 0.652. The Labute approximate surface area is 185 Å². The molecule has 3 aromatic carbocycles. The van der Waals surface area contributed by atoms with Gasteiger partial charge in [-0.3, -0.25) is 4.79 Å². The number of carbonyl (C=O) groups is 1. The van der Waals surface area contributed by atoms with Crippen LogP contribution >= 0.6 is 11.6 Å². The second-order valence-corrected chi connectivity index (χ2v) is 7.83. The number of hydrogen-bond donors (Lipinski definition) is 0. The molecule has 0 saturated carbocycles. The summed E-state index contributed by atoms with van der Waals surface area (Å²) in [5.41, 5.74) is 3.26. The van der Waals surface area contributed by atoms with Crippen LogP contribution in [0.25, 0.3) is 6.08 Å². The van der Waals surface area contributed by atoms with E-state index in [0.29, 0.717) is 28.7 Å². The van der Waals surface area contributed by atoms with Gasteiger partial charge in [0.2, 0.25) is 5.78 Å². The summed E-state index contributed by atoms with van der Waals surface area (Å²) in [6, 6.07) is 20.6. The molecule has 0 amide bonds. The van der Waals surface area contributed by atoms with E-state index in [1.807, 2.05) is 61.5 Å². The largest absolute Gasteiger partial charge is 0.489 e. The molecule has 2 aliphatic rings. The molecule has 0 unspecified atom stereocenters. The molecule has 154 valence electrons. The molecule has 0 aliphatic carbocycles. The Hall–Kier alpha value is -3.50. The number of carbonyl (C=O) groups excluding carboxylic acids is 1. The van der Waals surface area contributed by atoms with Crippen LogP contribution in [-0.2, 0) is 6.61 Å². The van der Waals surface area contributed by atoms with Crippen LogP contribution < -0.4 is 14.2 Å². The van der Waals surface area contributed by atoms with Gasteiger partial charge in [-0.15, -0.1) is 0 Å². The number of ketones is 1. The van der Waals surface area contributed by atoms with Gasteiger partial charge in [0.25, 0.3) is 0 Å². The van der Waals surface area contributed by atoms with Gasteiger partial charge in [-0.25, -0.2) is 0 Å². The minimum Gasteiger partial charge on any atom is -0.489 e. The van der Waals surface area contributed by atoms with Crippen molar-refractivity contribution in [2.45, 2.75) is 19.6 Å². The van der Waals surface area contributed by atoms with E-state index in [9.17, 15) is 4.79 Å². The number of rotatable bonds is 4. The molecule has 5 rings (SSSR count). The van der Waals surface area contributed by atoms with Crippen molar-refractivity contribution in [1.29, 1.82) is 0 Å². The van der Waals surface area contributed by atoms with E-state index < -0.39 is 0 Å². The molecule has 1 atom stereocenters. The maximum absolute atomic E-state index is 12.8. The Morgan fingerprint density at radius 3 is 2.71 bits per heavy atom. The Kier molecular flexibility index (Phi) is 5.00. The smallest absolute Gasteiger partial charge is 0.231 e. The molecule has 31 heavy (non-hydrogen) atoms. The van der Waals surface area contributed by atoms with Gasteiger partial charge >= 0.3 is 0 Å². The third-order valence-electron chi connectivity index (χ3n) is 5.31. The molecule has 0 bridgehead atoms. The molecule has 3 aromatic rings. The van der Waals surface area contributed by atoms with Crippen LogP contribution in [0.2, 0.25) is 5.02 Å². The first-order valence-corrected chi connectivity index (χ1v) is 10.4. The topological polar surface area (TPSA) is 44.8 Å². The number of fused-ring (bicyclic) bond motifs is 2. The van der Waals surface area contributed by atoms with Gasteiger partial charge in [0.15, 0.2) is 5.76 Å². The predicted molar refractivity (Wildman–Crippen MR) is 120 cm³/mol. The summed E-state index contributed by atoms with van der Waals surface area (Å²) in [6.07, 6.45) is 3.60. The van der Waals surface area contributed by atoms with Crippen molar-refractivity contribution >= 4 is 23.5 Å². The Morgan fingerprint density at radius 2 is 1.84 bits per heavy atom. The minimum absolute atomic E-state index is 0.153. The van der Waals surface area contributed by atoms with E-state index >= 15 is 0 Å². The highest BCUT2D eigenvalue weighted by Gasteiger charge is 2.29. The molecular weight excluding hydrogens is 412 g/mol. The Balaban J connectivity index is 1.36.